The number of amides is 1. The Morgan fingerprint density at radius 2 is 1.83 bits per heavy atom. The SMILES string of the molecule is O=C(C=Cc1ccc(-c2cccc(Cl)c2Cl)o1)NC(=S)Nc1cc(Cl)cc(Cl)c1O. The number of phenols is 1. The molecule has 10 heteroatoms. The van der Waals surface area contributed by atoms with E-state index in [2.05, 4.69) is 10.6 Å². The molecule has 3 rings (SSSR count). The highest BCUT2D eigenvalue weighted by molar-refractivity contribution is 7.80. The molecule has 0 spiro atoms. The number of carbonyl (C=O) groups excluding carboxylic acids is 1. The largest absolute Gasteiger partial charge is 0.504 e. The molecule has 0 atom stereocenters. The molecule has 1 amide bonds. The van der Waals surface area contributed by atoms with Gasteiger partial charge in [-0.15, -0.1) is 0 Å². The topological polar surface area (TPSA) is 74.5 Å². The summed E-state index contributed by atoms with van der Waals surface area (Å²) >= 11 is 29.0. The van der Waals surface area contributed by atoms with E-state index in [0.29, 0.717) is 32.2 Å². The quantitative estimate of drug-likeness (QED) is 0.208. The second kappa shape index (κ2) is 9.73. The number of anilines is 1. The van der Waals surface area contributed by atoms with Gasteiger partial charge in [0.2, 0.25) is 5.91 Å². The lowest BCUT2D eigenvalue weighted by atomic mass is 10.2. The van der Waals surface area contributed by atoms with Crippen molar-refractivity contribution in [2.75, 3.05) is 5.32 Å². The highest BCUT2D eigenvalue weighted by Crippen LogP contribution is 2.35. The Bertz CT molecular complexity index is 1160. The predicted octanol–water partition coefficient (Wildman–Crippen LogP) is 6.79. The molecular formula is C20H12Cl4N2O3S. The Morgan fingerprint density at radius 3 is 2.60 bits per heavy atom. The first-order chi connectivity index (χ1) is 14.2. The Kier molecular flexibility index (Phi) is 7.28. The zero-order valence-corrected chi connectivity index (χ0v) is 18.7. The van der Waals surface area contributed by atoms with Crippen LogP contribution < -0.4 is 10.6 Å². The fraction of sp³-hybridized carbons (Fsp3) is 0. The summed E-state index contributed by atoms with van der Waals surface area (Å²) in [7, 11) is 0. The molecule has 0 bridgehead atoms. The average molecular weight is 502 g/mol. The molecule has 0 saturated carbocycles. The maximum atomic E-state index is 12.1. The summed E-state index contributed by atoms with van der Waals surface area (Å²) in [5.41, 5.74) is 0.800. The molecule has 0 saturated heterocycles. The number of nitrogens with one attached hydrogen (secondary N) is 2. The minimum Gasteiger partial charge on any atom is -0.504 e. The van der Waals surface area contributed by atoms with Crippen LogP contribution >= 0.6 is 58.6 Å². The average Bonchev–Trinajstić information content (AvgIpc) is 3.15. The van der Waals surface area contributed by atoms with E-state index in [-0.39, 0.29) is 21.6 Å². The molecule has 0 unspecified atom stereocenters. The van der Waals surface area contributed by atoms with E-state index in [1.165, 1.54) is 24.3 Å². The summed E-state index contributed by atoms with van der Waals surface area (Å²) in [5.74, 6) is 0.178. The normalized spacial score (nSPS) is 10.9. The molecule has 3 aromatic rings. The number of hydrogen-bond acceptors (Lipinski definition) is 4. The third kappa shape index (κ3) is 5.47. The zero-order chi connectivity index (χ0) is 21.8. The minimum atomic E-state index is -0.515. The van der Waals surface area contributed by atoms with Crippen molar-refractivity contribution in [3.63, 3.8) is 0 Å². The number of halogens is 4. The van der Waals surface area contributed by atoms with Gasteiger partial charge in [0.05, 0.1) is 20.8 Å². The molecule has 0 aliphatic rings. The molecule has 1 heterocycles. The van der Waals surface area contributed by atoms with E-state index < -0.39 is 5.91 Å². The van der Waals surface area contributed by atoms with Crippen molar-refractivity contribution in [2.45, 2.75) is 0 Å². The van der Waals surface area contributed by atoms with E-state index in [0.717, 1.165) is 0 Å². The van der Waals surface area contributed by atoms with Gasteiger partial charge in [0, 0.05) is 16.7 Å². The predicted molar refractivity (Wildman–Crippen MR) is 126 cm³/mol. The van der Waals surface area contributed by atoms with Crippen LogP contribution in [0.1, 0.15) is 5.76 Å². The van der Waals surface area contributed by atoms with Gasteiger partial charge in [0.25, 0.3) is 0 Å². The number of benzene rings is 2. The van der Waals surface area contributed by atoms with Crippen molar-refractivity contribution in [1.29, 1.82) is 0 Å². The summed E-state index contributed by atoms with van der Waals surface area (Å²) in [4.78, 5) is 12.1. The summed E-state index contributed by atoms with van der Waals surface area (Å²) in [6, 6.07) is 11.4. The van der Waals surface area contributed by atoms with Crippen LogP contribution in [0.4, 0.5) is 5.69 Å². The van der Waals surface area contributed by atoms with Gasteiger partial charge in [-0.3, -0.25) is 10.1 Å². The van der Waals surface area contributed by atoms with Crippen molar-refractivity contribution in [2.24, 2.45) is 0 Å². The van der Waals surface area contributed by atoms with E-state index in [9.17, 15) is 9.90 Å². The summed E-state index contributed by atoms with van der Waals surface area (Å²) in [5, 5.41) is 16.1. The lowest BCUT2D eigenvalue weighted by Crippen LogP contribution is -2.32. The van der Waals surface area contributed by atoms with Crippen LogP contribution in [0, 0.1) is 0 Å². The van der Waals surface area contributed by atoms with Crippen molar-refractivity contribution in [3.8, 4) is 17.1 Å². The third-order valence-corrected chi connectivity index (χ3v) is 5.29. The lowest BCUT2D eigenvalue weighted by molar-refractivity contribution is -0.115. The minimum absolute atomic E-state index is 0.0486. The first kappa shape index (κ1) is 22.5. The fourth-order valence-electron chi connectivity index (χ4n) is 2.41. The number of carbonyl (C=O) groups is 1. The van der Waals surface area contributed by atoms with Gasteiger partial charge >= 0.3 is 0 Å². The highest BCUT2D eigenvalue weighted by Gasteiger charge is 2.12. The van der Waals surface area contributed by atoms with E-state index in [1.54, 1.807) is 30.3 Å². The molecule has 3 N–H and O–H groups in total. The van der Waals surface area contributed by atoms with Gasteiger partial charge < -0.3 is 14.8 Å². The van der Waals surface area contributed by atoms with Gasteiger partial charge in [-0.2, -0.15) is 0 Å². The van der Waals surface area contributed by atoms with Gasteiger partial charge in [-0.25, -0.2) is 0 Å². The molecule has 154 valence electrons. The number of thiocarbonyl (C=S) groups is 1. The lowest BCUT2D eigenvalue weighted by Gasteiger charge is -2.11. The van der Waals surface area contributed by atoms with Crippen molar-refractivity contribution in [3.05, 3.63) is 74.4 Å². The maximum Gasteiger partial charge on any atom is 0.250 e. The van der Waals surface area contributed by atoms with Gasteiger partial charge in [0.15, 0.2) is 10.9 Å². The number of rotatable bonds is 4. The molecule has 0 aliphatic heterocycles. The van der Waals surface area contributed by atoms with Gasteiger partial charge in [0.1, 0.15) is 11.5 Å². The Balaban J connectivity index is 1.63. The maximum absolute atomic E-state index is 12.1. The number of aromatic hydroxyl groups is 1. The molecule has 5 nitrogen and oxygen atoms in total. The molecule has 30 heavy (non-hydrogen) atoms. The van der Waals surface area contributed by atoms with Gasteiger partial charge in [-0.05, 0) is 54.7 Å². The third-order valence-electron chi connectivity index (χ3n) is 3.76. The van der Waals surface area contributed by atoms with Crippen LogP contribution in [0.15, 0.2) is 53.0 Å². The molecule has 0 aliphatic carbocycles. The Labute approximate surface area is 197 Å². The first-order valence-corrected chi connectivity index (χ1v) is 10.2. The smallest absolute Gasteiger partial charge is 0.250 e. The molecule has 0 radical (unpaired) electrons. The number of hydrogen-bond donors (Lipinski definition) is 3. The van der Waals surface area contributed by atoms with Crippen LogP contribution in [0.25, 0.3) is 17.4 Å². The number of furan rings is 1. The highest BCUT2D eigenvalue weighted by atomic mass is 35.5. The summed E-state index contributed by atoms with van der Waals surface area (Å²) in [6.45, 7) is 0. The van der Waals surface area contributed by atoms with Crippen LogP contribution in [0.3, 0.4) is 0 Å². The molecule has 0 fully saturated rings. The van der Waals surface area contributed by atoms with Crippen LogP contribution in [0.2, 0.25) is 20.1 Å². The van der Waals surface area contributed by atoms with Crippen molar-refractivity contribution in [1.82, 2.24) is 5.32 Å². The van der Waals surface area contributed by atoms with Crippen LogP contribution in [-0.4, -0.2) is 16.1 Å². The molecule has 1 aromatic heterocycles. The monoisotopic (exact) mass is 500 g/mol. The first-order valence-electron chi connectivity index (χ1n) is 8.27. The standard InChI is InChI=1S/C20H12Cl4N2O3S/c21-10-8-14(23)19(28)15(9-10)25-20(30)26-17(27)7-5-11-4-6-16(29-11)12-2-1-3-13(22)18(12)24/h1-9,28H,(H2,25,26,27,30). The zero-order valence-electron chi connectivity index (χ0n) is 14.9. The number of phenolic OH excluding ortho intramolecular Hbond substituents is 1. The Morgan fingerprint density at radius 1 is 1.07 bits per heavy atom. The van der Waals surface area contributed by atoms with E-state index in [1.807, 2.05) is 0 Å². The van der Waals surface area contributed by atoms with E-state index >= 15 is 0 Å². The Hall–Kier alpha value is -2.22. The van der Waals surface area contributed by atoms with Crippen LogP contribution in [0.5, 0.6) is 5.75 Å². The summed E-state index contributed by atoms with van der Waals surface area (Å²) in [6.07, 6.45) is 2.70. The van der Waals surface area contributed by atoms with Crippen molar-refractivity contribution < 1.29 is 14.3 Å². The molecular weight excluding hydrogens is 490 g/mol. The van der Waals surface area contributed by atoms with Crippen molar-refractivity contribution >= 4 is 81.4 Å². The molecule has 2 aromatic carbocycles. The fourth-order valence-corrected chi connectivity index (χ4v) is 3.51. The van der Waals surface area contributed by atoms with Crippen LogP contribution in [-0.2, 0) is 4.79 Å². The second-order valence-electron chi connectivity index (χ2n) is 5.86. The second-order valence-corrected chi connectivity index (χ2v) is 7.90. The van der Waals surface area contributed by atoms with Gasteiger partial charge in [-0.1, -0.05) is 52.5 Å². The van der Waals surface area contributed by atoms with E-state index in [4.69, 9.17) is 63.0 Å². The summed E-state index contributed by atoms with van der Waals surface area (Å²) < 4.78 is 5.68.